The summed E-state index contributed by atoms with van der Waals surface area (Å²) in [4.78, 5) is 16.3. The Kier molecular flexibility index (Phi) is 4.20. The Labute approximate surface area is 83.2 Å². The lowest BCUT2D eigenvalue weighted by atomic mass is 10.5. The minimum atomic E-state index is 0.520. The van der Waals surface area contributed by atoms with Crippen LogP contribution in [0.25, 0.3) is 0 Å². The van der Waals surface area contributed by atoms with Gasteiger partial charge in [-0.15, -0.1) is 0 Å². The van der Waals surface area contributed by atoms with Crippen LogP contribution < -0.4 is 0 Å². The molecule has 0 amide bonds. The maximum atomic E-state index is 4.12. The number of rotatable bonds is 2. The average Bonchev–Trinajstić information content (AvgIpc) is 2.25. The number of aromatic nitrogens is 2. The molecule has 0 fully saturated rings. The van der Waals surface area contributed by atoms with Gasteiger partial charge in [-0.25, -0.2) is 20.0 Å². The Hall–Kier alpha value is -1.84. The van der Waals surface area contributed by atoms with Crippen LogP contribution in [0.2, 0.25) is 0 Å². The van der Waals surface area contributed by atoms with Crippen molar-refractivity contribution in [3.05, 3.63) is 36.6 Å². The molecule has 0 saturated carbocycles. The van der Waals surface area contributed by atoms with Gasteiger partial charge in [0.15, 0.2) is 11.7 Å². The molecule has 0 unspecified atom stereocenters. The van der Waals surface area contributed by atoms with E-state index in [0.29, 0.717) is 11.7 Å². The fourth-order valence-electron chi connectivity index (χ4n) is 0.831. The molecule has 0 bridgehead atoms. The lowest BCUT2D eigenvalue weighted by Crippen LogP contribution is -2.02. The summed E-state index contributed by atoms with van der Waals surface area (Å²) in [6, 6.07) is 1.76. The van der Waals surface area contributed by atoms with Crippen molar-refractivity contribution in [1.82, 2.24) is 9.97 Å². The predicted molar refractivity (Wildman–Crippen MR) is 57.5 cm³/mol. The summed E-state index contributed by atoms with van der Waals surface area (Å²) in [5, 5.41) is 0. The van der Waals surface area contributed by atoms with Crippen molar-refractivity contribution < 1.29 is 0 Å². The van der Waals surface area contributed by atoms with Gasteiger partial charge in [0.2, 0.25) is 0 Å². The summed E-state index contributed by atoms with van der Waals surface area (Å²) in [6.07, 6.45) is 8.49. The normalized spacial score (nSPS) is 12.9. The van der Waals surface area contributed by atoms with Crippen LogP contribution >= 0.6 is 0 Å². The van der Waals surface area contributed by atoms with Crippen molar-refractivity contribution in [2.45, 2.75) is 13.8 Å². The van der Waals surface area contributed by atoms with Gasteiger partial charge in [-0.3, -0.25) is 0 Å². The van der Waals surface area contributed by atoms with Gasteiger partial charge < -0.3 is 0 Å². The first-order chi connectivity index (χ1) is 6.88. The Morgan fingerprint density at radius 1 is 1.29 bits per heavy atom. The molecular weight excluding hydrogens is 176 g/mol. The monoisotopic (exact) mass is 188 g/mol. The maximum Gasteiger partial charge on any atom is 0.197 e. The van der Waals surface area contributed by atoms with Crippen LogP contribution in [-0.4, -0.2) is 22.0 Å². The average molecular weight is 188 g/mol. The minimum Gasteiger partial charge on any atom is -0.239 e. The van der Waals surface area contributed by atoms with Crippen LogP contribution in [0.1, 0.15) is 19.7 Å². The van der Waals surface area contributed by atoms with E-state index in [1.54, 1.807) is 30.9 Å². The predicted octanol–water partition coefficient (Wildman–Crippen LogP) is 1.85. The second-order valence-corrected chi connectivity index (χ2v) is 2.39. The van der Waals surface area contributed by atoms with Crippen LogP contribution in [-0.2, 0) is 0 Å². The molecule has 1 rings (SSSR count). The summed E-state index contributed by atoms with van der Waals surface area (Å²) >= 11 is 0. The third-order valence-electron chi connectivity index (χ3n) is 1.36. The van der Waals surface area contributed by atoms with Gasteiger partial charge >= 0.3 is 0 Å². The van der Waals surface area contributed by atoms with Crippen molar-refractivity contribution in [1.29, 1.82) is 0 Å². The third-order valence-corrected chi connectivity index (χ3v) is 1.36. The van der Waals surface area contributed by atoms with Gasteiger partial charge in [-0.1, -0.05) is 6.08 Å². The number of amidine groups is 1. The highest BCUT2D eigenvalue weighted by molar-refractivity contribution is 6.00. The summed E-state index contributed by atoms with van der Waals surface area (Å²) < 4.78 is 0. The Morgan fingerprint density at radius 3 is 2.57 bits per heavy atom. The number of hydrogen-bond donors (Lipinski definition) is 0. The molecule has 0 saturated heterocycles. The summed E-state index contributed by atoms with van der Waals surface area (Å²) in [5.41, 5.74) is 0. The van der Waals surface area contributed by atoms with Crippen molar-refractivity contribution in [3.8, 4) is 0 Å². The molecule has 0 aromatic carbocycles. The van der Waals surface area contributed by atoms with E-state index >= 15 is 0 Å². The summed E-state index contributed by atoms with van der Waals surface area (Å²) in [6.45, 7) is 3.72. The lowest BCUT2D eigenvalue weighted by molar-refractivity contribution is 1.12. The smallest absolute Gasteiger partial charge is 0.197 e. The van der Waals surface area contributed by atoms with E-state index in [4.69, 9.17) is 0 Å². The van der Waals surface area contributed by atoms with E-state index < -0.39 is 0 Å². The van der Waals surface area contributed by atoms with Gasteiger partial charge in [-0.2, -0.15) is 0 Å². The number of aliphatic imine (C=N–C) groups is 2. The molecule has 0 radical (unpaired) electrons. The van der Waals surface area contributed by atoms with Crippen molar-refractivity contribution in [2.24, 2.45) is 9.98 Å². The van der Waals surface area contributed by atoms with Gasteiger partial charge in [0.05, 0.1) is 0 Å². The topological polar surface area (TPSA) is 50.5 Å². The first kappa shape index (κ1) is 10.2. The molecule has 4 nitrogen and oxygen atoms in total. The van der Waals surface area contributed by atoms with E-state index in [9.17, 15) is 0 Å². The Morgan fingerprint density at radius 2 is 2.00 bits per heavy atom. The Bertz CT molecular complexity index is 352. The molecule has 1 aromatic rings. The highest BCUT2D eigenvalue weighted by Crippen LogP contribution is 1.94. The molecule has 0 aliphatic heterocycles. The fraction of sp³-hybridized carbons (Fsp3) is 0.200. The largest absolute Gasteiger partial charge is 0.239 e. The van der Waals surface area contributed by atoms with E-state index in [2.05, 4.69) is 20.0 Å². The van der Waals surface area contributed by atoms with E-state index in [1.165, 1.54) is 0 Å². The molecule has 1 heterocycles. The fourth-order valence-corrected chi connectivity index (χ4v) is 0.831. The van der Waals surface area contributed by atoms with E-state index in [1.807, 2.05) is 19.9 Å². The lowest BCUT2D eigenvalue weighted by Gasteiger charge is -1.95. The standard InChI is InChI=1S/C10H12N4/c1-3-6-12-9(11-4-2)10-13-7-5-8-14-10/h3-8H,1-2H3/b6-3-,11-4?,12-9?. The molecule has 0 spiro atoms. The van der Waals surface area contributed by atoms with Crippen LogP contribution in [0.15, 0.2) is 40.7 Å². The van der Waals surface area contributed by atoms with Gasteiger partial charge in [0.1, 0.15) is 0 Å². The highest BCUT2D eigenvalue weighted by Gasteiger charge is 2.01. The zero-order valence-corrected chi connectivity index (χ0v) is 8.25. The first-order valence-corrected chi connectivity index (χ1v) is 4.33. The third kappa shape index (κ3) is 2.90. The quantitative estimate of drug-likeness (QED) is 0.525. The van der Waals surface area contributed by atoms with Crippen LogP contribution in [0.5, 0.6) is 0 Å². The molecule has 0 N–H and O–H groups in total. The molecule has 0 aliphatic rings. The van der Waals surface area contributed by atoms with Crippen molar-refractivity contribution in [2.75, 3.05) is 0 Å². The van der Waals surface area contributed by atoms with Crippen molar-refractivity contribution in [3.63, 3.8) is 0 Å². The minimum absolute atomic E-state index is 0.520. The summed E-state index contributed by atoms with van der Waals surface area (Å²) in [7, 11) is 0. The first-order valence-electron chi connectivity index (χ1n) is 4.33. The van der Waals surface area contributed by atoms with Crippen molar-refractivity contribution >= 4 is 12.1 Å². The molecule has 0 atom stereocenters. The second kappa shape index (κ2) is 5.75. The highest BCUT2D eigenvalue weighted by atomic mass is 15.0. The number of nitrogens with zero attached hydrogens (tertiary/aromatic N) is 4. The van der Waals surface area contributed by atoms with Crippen LogP contribution in [0.3, 0.4) is 0 Å². The molecule has 4 heteroatoms. The molecule has 14 heavy (non-hydrogen) atoms. The molecule has 72 valence electrons. The van der Waals surface area contributed by atoms with Gasteiger partial charge in [0, 0.05) is 24.8 Å². The SMILES string of the molecule is CC=NC(=N/C=C\C)c1ncccn1. The zero-order chi connectivity index (χ0) is 10.2. The second-order valence-electron chi connectivity index (χ2n) is 2.39. The molecule has 1 aromatic heterocycles. The van der Waals surface area contributed by atoms with Crippen LogP contribution in [0.4, 0.5) is 0 Å². The maximum absolute atomic E-state index is 4.12. The zero-order valence-electron chi connectivity index (χ0n) is 8.25. The van der Waals surface area contributed by atoms with E-state index in [0.717, 1.165) is 0 Å². The molecule has 0 aliphatic carbocycles. The van der Waals surface area contributed by atoms with E-state index in [-0.39, 0.29) is 0 Å². The van der Waals surface area contributed by atoms with Gasteiger partial charge in [0.25, 0.3) is 0 Å². The Balaban J connectivity index is 3.00. The molecular formula is C10H12N4. The number of allylic oxidation sites excluding steroid dienone is 1. The van der Waals surface area contributed by atoms with Gasteiger partial charge in [-0.05, 0) is 19.9 Å². The summed E-state index contributed by atoms with van der Waals surface area (Å²) in [5.74, 6) is 1.05. The van der Waals surface area contributed by atoms with Crippen LogP contribution in [0, 0.1) is 0 Å². The number of hydrogen-bond acceptors (Lipinski definition) is 3.